The highest BCUT2D eigenvalue weighted by Crippen LogP contribution is 2.37. The molecule has 0 radical (unpaired) electrons. The number of carbonyl (C=O) groups excluding carboxylic acids is 1. The molecule has 2 N–H and O–H groups in total. The van der Waals surface area contributed by atoms with Crippen molar-refractivity contribution in [2.75, 3.05) is 5.32 Å². The molecule has 2 aromatic carbocycles. The zero-order chi connectivity index (χ0) is 21.1. The molecular formula is C19H19ClF3NO4. The van der Waals surface area contributed by atoms with Crippen LogP contribution >= 0.6 is 11.6 Å². The van der Waals surface area contributed by atoms with Gasteiger partial charge in [0, 0.05) is 16.1 Å². The van der Waals surface area contributed by atoms with Gasteiger partial charge in [0.05, 0.1) is 5.69 Å². The van der Waals surface area contributed by atoms with Gasteiger partial charge < -0.3 is 14.6 Å². The number of anilines is 1. The molecule has 1 atom stereocenters. The van der Waals surface area contributed by atoms with E-state index in [0.29, 0.717) is 0 Å². The van der Waals surface area contributed by atoms with Crippen molar-refractivity contribution in [2.45, 2.75) is 38.8 Å². The first-order valence-corrected chi connectivity index (χ1v) is 8.56. The second-order valence-corrected chi connectivity index (χ2v) is 7.28. The summed E-state index contributed by atoms with van der Waals surface area (Å²) in [5, 5.41) is 13.4. The highest BCUT2D eigenvalue weighted by atomic mass is 35.5. The fourth-order valence-corrected chi connectivity index (χ4v) is 2.56. The molecule has 2 aromatic rings. The molecule has 0 saturated carbocycles. The van der Waals surface area contributed by atoms with Gasteiger partial charge in [-0.1, -0.05) is 29.8 Å². The molecule has 0 unspecified atom stereocenters. The van der Waals surface area contributed by atoms with Gasteiger partial charge in [-0.3, -0.25) is 5.32 Å². The summed E-state index contributed by atoms with van der Waals surface area (Å²) in [6.07, 6.45) is -7.27. The molecule has 0 heterocycles. The number of alkyl halides is 3. The number of aliphatic hydroxyl groups is 1. The number of carbonyl (C=O) groups is 1. The van der Waals surface area contributed by atoms with Gasteiger partial charge in [0.1, 0.15) is 17.5 Å². The first-order valence-electron chi connectivity index (χ1n) is 8.18. The third-order valence-electron chi connectivity index (χ3n) is 3.38. The number of benzene rings is 2. The van der Waals surface area contributed by atoms with Crippen LogP contribution in [0.3, 0.4) is 0 Å². The highest BCUT2D eigenvalue weighted by molar-refractivity contribution is 6.30. The Balaban J connectivity index is 2.40. The molecule has 0 aromatic heterocycles. The Morgan fingerprint density at radius 3 is 2.36 bits per heavy atom. The molecule has 0 aliphatic carbocycles. The Morgan fingerprint density at radius 2 is 1.75 bits per heavy atom. The number of aliphatic hydroxyl groups excluding tert-OH is 1. The third kappa shape index (κ3) is 6.31. The predicted molar refractivity (Wildman–Crippen MR) is 98.5 cm³/mol. The summed E-state index contributed by atoms with van der Waals surface area (Å²) < 4.78 is 47.1. The van der Waals surface area contributed by atoms with Gasteiger partial charge in [0.2, 0.25) is 0 Å². The summed E-state index contributed by atoms with van der Waals surface area (Å²) >= 11 is 5.97. The summed E-state index contributed by atoms with van der Waals surface area (Å²) in [6, 6.07) is 9.37. The van der Waals surface area contributed by atoms with Gasteiger partial charge in [-0.15, -0.1) is 13.2 Å². The minimum absolute atomic E-state index is 0.0802. The molecule has 1 amide bonds. The van der Waals surface area contributed by atoms with E-state index in [9.17, 15) is 23.1 Å². The number of rotatable bonds is 4. The predicted octanol–water partition coefficient (Wildman–Crippen LogP) is 5.67. The average Bonchev–Trinajstić information content (AvgIpc) is 2.53. The molecular weight excluding hydrogens is 399 g/mol. The second-order valence-electron chi connectivity index (χ2n) is 6.85. The van der Waals surface area contributed by atoms with Crippen LogP contribution in [0.5, 0.6) is 5.75 Å². The average molecular weight is 418 g/mol. The molecule has 9 heteroatoms. The largest absolute Gasteiger partial charge is 0.573 e. The maximum absolute atomic E-state index is 12.7. The lowest BCUT2D eigenvalue weighted by molar-refractivity contribution is -0.275. The van der Waals surface area contributed by atoms with Crippen molar-refractivity contribution in [3.05, 3.63) is 58.6 Å². The van der Waals surface area contributed by atoms with Gasteiger partial charge in [-0.05, 0) is 45.0 Å². The number of amides is 1. The van der Waals surface area contributed by atoms with Crippen molar-refractivity contribution in [2.24, 2.45) is 0 Å². The summed E-state index contributed by atoms with van der Waals surface area (Å²) in [7, 11) is 0. The molecule has 0 fully saturated rings. The molecule has 5 nitrogen and oxygen atoms in total. The molecule has 28 heavy (non-hydrogen) atoms. The van der Waals surface area contributed by atoms with E-state index in [0.717, 1.165) is 6.07 Å². The number of ether oxygens (including phenoxy) is 2. The fourth-order valence-electron chi connectivity index (χ4n) is 2.38. The lowest BCUT2D eigenvalue weighted by Crippen LogP contribution is -2.27. The first-order chi connectivity index (χ1) is 12.9. The SMILES string of the molecule is CC(C)(C)OC(=O)Nc1ccc(Cl)cc1[C@@H](O)c1ccccc1OC(F)(F)F. The van der Waals surface area contributed by atoms with Crippen molar-refractivity contribution >= 4 is 23.4 Å². The summed E-state index contributed by atoms with van der Waals surface area (Å²) in [5.74, 6) is -0.564. The van der Waals surface area contributed by atoms with Crippen LogP contribution in [0.2, 0.25) is 5.02 Å². The maximum Gasteiger partial charge on any atom is 0.573 e. The van der Waals surface area contributed by atoms with E-state index >= 15 is 0 Å². The first kappa shape index (κ1) is 21.8. The standard InChI is InChI=1S/C19H19ClF3NO4/c1-18(2,3)28-17(26)24-14-9-8-11(20)10-13(14)16(25)12-6-4-5-7-15(12)27-19(21,22)23/h4-10,16,25H,1-3H3,(H,24,26)/t16-/m0/s1. The van der Waals surface area contributed by atoms with Crippen LogP contribution in [0.15, 0.2) is 42.5 Å². The smallest absolute Gasteiger partial charge is 0.444 e. The van der Waals surface area contributed by atoms with Crippen LogP contribution < -0.4 is 10.1 Å². The Morgan fingerprint density at radius 1 is 1.11 bits per heavy atom. The number of halogens is 4. The summed E-state index contributed by atoms with van der Waals surface area (Å²) in [5.41, 5.74) is -0.693. The zero-order valence-electron chi connectivity index (χ0n) is 15.3. The number of para-hydroxylation sites is 1. The van der Waals surface area contributed by atoms with Crippen LogP contribution in [-0.2, 0) is 4.74 Å². The van der Waals surface area contributed by atoms with E-state index in [-0.39, 0.29) is 21.8 Å². The van der Waals surface area contributed by atoms with Gasteiger partial charge in [-0.25, -0.2) is 4.79 Å². The lowest BCUT2D eigenvalue weighted by atomic mass is 9.99. The van der Waals surface area contributed by atoms with Crippen LogP contribution in [0.25, 0.3) is 0 Å². The van der Waals surface area contributed by atoms with E-state index < -0.39 is 29.9 Å². The van der Waals surface area contributed by atoms with Crippen molar-refractivity contribution in [1.29, 1.82) is 0 Å². The van der Waals surface area contributed by atoms with E-state index in [1.54, 1.807) is 20.8 Å². The van der Waals surface area contributed by atoms with Crippen molar-refractivity contribution in [3.8, 4) is 5.75 Å². The zero-order valence-corrected chi connectivity index (χ0v) is 16.1. The Kier molecular flexibility index (Phi) is 6.46. The van der Waals surface area contributed by atoms with Gasteiger partial charge >= 0.3 is 12.5 Å². The molecule has 0 bridgehead atoms. The van der Waals surface area contributed by atoms with E-state index in [4.69, 9.17) is 16.3 Å². The minimum atomic E-state index is -4.93. The van der Waals surface area contributed by atoms with Gasteiger partial charge in [-0.2, -0.15) is 0 Å². The van der Waals surface area contributed by atoms with Crippen molar-refractivity contribution in [1.82, 2.24) is 0 Å². The van der Waals surface area contributed by atoms with Crippen molar-refractivity contribution in [3.63, 3.8) is 0 Å². The molecule has 0 spiro atoms. The summed E-state index contributed by atoms with van der Waals surface area (Å²) in [6.45, 7) is 5.03. The Labute approximate surface area is 165 Å². The number of hydrogen-bond donors (Lipinski definition) is 2. The monoisotopic (exact) mass is 417 g/mol. The lowest BCUT2D eigenvalue weighted by Gasteiger charge is -2.22. The fraction of sp³-hybridized carbons (Fsp3) is 0.316. The second kappa shape index (κ2) is 8.28. The number of hydrogen-bond acceptors (Lipinski definition) is 4. The topological polar surface area (TPSA) is 67.8 Å². The molecule has 0 aliphatic rings. The van der Waals surface area contributed by atoms with E-state index in [1.165, 1.54) is 36.4 Å². The molecule has 152 valence electrons. The quantitative estimate of drug-likeness (QED) is 0.672. The molecule has 0 saturated heterocycles. The van der Waals surface area contributed by atoms with Crippen LogP contribution in [-0.4, -0.2) is 23.2 Å². The normalized spacial score (nSPS) is 13.0. The van der Waals surface area contributed by atoms with E-state index in [1.807, 2.05) is 0 Å². The van der Waals surface area contributed by atoms with E-state index in [2.05, 4.69) is 10.1 Å². The van der Waals surface area contributed by atoms with Crippen LogP contribution in [0.1, 0.15) is 38.0 Å². The minimum Gasteiger partial charge on any atom is -0.444 e. The van der Waals surface area contributed by atoms with Crippen LogP contribution in [0.4, 0.5) is 23.7 Å². The van der Waals surface area contributed by atoms with Crippen molar-refractivity contribution < 1.29 is 32.5 Å². The van der Waals surface area contributed by atoms with Gasteiger partial charge in [0.15, 0.2) is 0 Å². The summed E-state index contributed by atoms with van der Waals surface area (Å²) in [4.78, 5) is 12.1. The molecule has 0 aliphatic heterocycles. The molecule has 2 rings (SSSR count). The maximum atomic E-state index is 12.7. The third-order valence-corrected chi connectivity index (χ3v) is 3.62. The highest BCUT2D eigenvalue weighted by Gasteiger charge is 2.33. The Hall–Kier alpha value is -2.45. The van der Waals surface area contributed by atoms with Crippen LogP contribution in [0, 0.1) is 0 Å². The Bertz CT molecular complexity index is 850. The van der Waals surface area contributed by atoms with Gasteiger partial charge in [0.25, 0.3) is 0 Å². The number of nitrogens with one attached hydrogen (secondary N) is 1.